The van der Waals surface area contributed by atoms with E-state index in [0.29, 0.717) is 0 Å². The number of hydrogen-bond acceptors (Lipinski definition) is 2. The Bertz CT molecular complexity index is 31.4. The average molecular weight is 303 g/mol. The minimum absolute atomic E-state index is 0. The van der Waals surface area contributed by atoms with Crippen LogP contribution < -0.4 is 0 Å². The van der Waals surface area contributed by atoms with E-state index in [0.717, 1.165) is 0 Å². The minimum atomic E-state index is -2.27. The van der Waals surface area contributed by atoms with Crippen molar-refractivity contribution in [2.75, 3.05) is 0 Å². The van der Waals surface area contributed by atoms with E-state index in [4.69, 9.17) is 6.15 Å². The standard InChI is InChI=1S/2Cr.5O.Sn/q2*+3;;;3*-2;. The summed E-state index contributed by atoms with van der Waals surface area (Å²) >= 11 is -2.27. The van der Waals surface area contributed by atoms with Gasteiger partial charge in [-0.1, -0.05) is 0 Å². The Morgan fingerprint density at radius 2 is 0.750 bits per heavy atom. The molecule has 0 atom stereocenters. The third-order valence-corrected chi connectivity index (χ3v) is 0. The van der Waals surface area contributed by atoms with Crippen molar-refractivity contribution in [2.45, 2.75) is 0 Å². The summed E-state index contributed by atoms with van der Waals surface area (Å²) in [5, 5.41) is 0. The molecule has 0 aliphatic heterocycles. The van der Waals surface area contributed by atoms with E-state index in [1.165, 1.54) is 0 Å². The molecule has 0 saturated heterocycles. The summed E-state index contributed by atoms with van der Waals surface area (Å²) in [4.78, 5) is 0. The van der Waals surface area contributed by atoms with Crippen LogP contribution >= 0.6 is 0 Å². The van der Waals surface area contributed by atoms with Crippen LogP contribution in [-0.4, -0.2) is 21.1 Å². The molecule has 0 aliphatic carbocycles. The number of rotatable bonds is 0. The van der Waals surface area contributed by atoms with Crippen molar-refractivity contribution in [2.24, 2.45) is 0 Å². The van der Waals surface area contributed by atoms with Crippen LogP contribution in [0, 0.1) is 0 Å². The number of hydrogen-bond donors (Lipinski definition) is 0. The van der Waals surface area contributed by atoms with Crippen LogP contribution in [0.4, 0.5) is 0 Å². The molecule has 0 rings (SSSR count). The van der Waals surface area contributed by atoms with Crippen LogP contribution in [0.3, 0.4) is 0 Å². The van der Waals surface area contributed by atoms with E-state index in [9.17, 15) is 0 Å². The maximum absolute atomic E-state index is 8.54. The van der Waals surface area contributed by atoms with Gasteiger partial charge >= 0.3 is 62.0 Å². The Balaban J connectivity index is -0.00000000200. The van der Waals surface area contributed by atoms with Crippen molar-refractivity contribution in [3.05, 3.63) is 0 Å². The van der Waals surface area contributed by atoms with Crippen LogP contribution in [-0.2, 0) is 57.3 Å². The van der Waals surface area contributed by atoms with Crippen molar-refractivity contribution >= 4 is 21.1 Å². The first-order chi connectivity index (χ1) is 1.41. The fourth-order valence-electron chi connectivity index (χ4n) is 0. The molecule has 0 fully saturated rings. The molecule has 0 N–H and O–H groups in total. The van der Waals surface area contributed by atoms with Gasteiger partial charge in [-0.05, 0) is 0 Å². The molecule has 46 valence electrons. The van der Waals surface area contributed by atoms with E-state index < -0.39 is 21.1 Å². The molecule has 0 aromatic carbocycles. The van der Waals surface area contributed by atoms with Gasteiger partial charge in [0, 0.05) is 0 Å². The van der Waals surface area contributed by atoms with Gasteiger partial charge in [-0.2, -0.15) is 0 Å². The molecule has 8 heteroatoms. The topological polar surface area (TPSA) is 120 Å². The molecule has 0 unspecified atom stereocenters. The van der Waals surface area contributed by atoms with Gasteiger partial charge in [0.1, 0.15) is 0 Å². The van der Waals surface area contributed by atoms with Gasteiger partial charge in [-0.15, -0.1) is 0 Å². The second kappa shape index (κ2) is 81.9. The predicted octanol–water partition coefficient (Wildman–Crippen LogP) is -0.980. The van der Waals surface area contributed by atoms with Gasteiger partial charge in [0.05, 0.1) is 0 Å². The first-order valence-electron chi connectivity index (χ1n) is 0.408. The van der Waals surface area contributed by atoms with Crippen LogP contribution in [0.25, 0.3) is 0 Å². The molecule has 0 aromatic rings. The van der Waals surface area contributed by atoms with Gasteiger partial charge in [-0.3, -0.25) is 0 Å². The second-order valence-corrected chi connectivity index (χ2v) is 0.559. The van der Waals surface area contributed by atoms with E-state index in [2.05, 4.69) is 0 Å². The van der Waals surface area contributed by atoms with E-state index in [1.807, 2.05) is 0 Å². The third-order valence-electron chi connectivity index (χ3n) is 0. The van der Waals surface area contributed by atoms with Crippen molar-refractivity contribution in [1.29, 1.82) is 0 Å². The normalized spacial score (nSPS) is 1.00. The molecule has 2 radical (unpaired) electrons. The molecule has 0 aliphatic rings. The maximum atomic E-state index is 8.54. The molecule has 5 nitrogen and oxygen atoms in total. The predicted molar refractivity (Wildman–Crippen MR) is 9.19 cm³/mol. The van der Waals surface area contributed by atoms with E-state index in [1.54, 1.807) is 0 Å². The SMILES string of the molecule is [Cr+3].[Cr+3].[O-2].[O-2].[O-2].[O]=[Sn]=[O]. The summed E-state index contributed by atoms with van der Waals surface area (Å²) in [6.07, 6.45) is 0. The molecule has 0 saturated carbocycles. The summed E-state index contributed by atoms with van der Waals surface area (Å²) in [6, 6.07) is 0. The molecule has 0 bridgehead atoms. The molecule has 0 aromatic heterocycles. The van der Waals surface area contributed by atoms with E-state index >= 15 is 0 Å². The fourth-order valence-corrected chi connectivity index (χ4v) is 0. The van der Waals surface area contributed by atoms with Gasteiger partial charge in [-0.25, -0.2) is 0 Å². The molecule has 8 heavy (non-hydrogen) atoms. The van der Waals surface area contributed by atoms with Crippen LogP contribution in [0.2, 0.25) is 0 Å². The fraction of sp³-hybridized carbons (Fsp3) is 0. The third kappa shape index (κ3) is 164. The van der Waals surface area contributed by atoms with Gasteiger partial charge in [0.2, 0.25) is 0 Å². The Labute approximate surface area is 78.0 Å². The summed E-state index contributed by atoms with van der Waals surface area (Å²) in [5.74, 6) is 0. The molecular formula is Cr2O5Sn. The zero-order valence-corrected chi connectivity index (χ0v) is 8.76. The summed E-state index contributed by atoms with van der Waals surface area (Å²) in [5.41, 5.74) is 0. The van der Waals surface area contributed by atoms with Crippen molar-refractivity contribution in [1.82, 2.24) is 0 Å². The first-order valence-corrected chi connectivity index (χ1v) is 2.74. The quantitative estimate of drug-likeness (QED) is 0.534. The average Bonchev–Trinajstić information content (AvgIpc) is 0.918. The Hall–Kier alpha value is 1.34. The van der Waals surface area contributed by atoms with Crippen LogP contribution in [0.15, 0.2) is 0 Å². The monoisotopic (exact) mass is 304 g/mol. The Kier molecular flexibility index (Phi) is 596. The second-order valence-electron chi connectivity index (χ2n) is 0.0833. The van der Waals surface area contributed by atoms with E-state index in [-0.39, 0.29) is 51.2 Å². The zero-order chi connectivity index (χ0) is 2.71. The molecular weight excluding hydrogens is 303 g/mol. The molecule has 0 spiro atoms. The molecule has 0 amide bonds. The van der Waals surface area contributed by atoms with Crippen LogP contribution in [0.1, 0.15) is 0 Å². The Morgan fingerprint density at radius 3 is 0.750 bits per heavy atom. The summed E-state index contributed by atoms with van der Waals surface area (Å²) in [6.45, 7) is 0. The summed E-state index contributed by atoms with van der Waals surface area (Å²) in [7, 11) is 0. The summed E-state index contributed by atoms with van der Waals surface area (Å²) < 4.78 is 17.1. The van der Waals surface area contributed by atoms with Crippen LogP contribution in [0.5, 0.6) is 0 Å². The zero-order valence-electron chi connectivity index (χ0n) is 3.36. The van der Waals surface area contributed by atoms with Crippen molar-refractivity contribution in [3.63, 3.8) is 0 Å². The van der Waals surface area contributed by atoms with Gasteiger partial charge < -0.3 is 16.4 Å². The van der Waals surface area contributed by atoms with Crippen molar-refractivity contribution < 1.29 is 57.3 Å². The molecule has 0 heterocycles. The van der Waals surface area contributed by atoms with Gasteiger partial charge in [0.25, 0.3) is 0 Å². The Morgan fingerprint density at radius 1 is 0.750 bits per heavy atom. The first kappa shape index (κ1) is 58.2. The van der Waals surface area contributed by atoms with Crippen molar-refractivity contribution in [3.8, 4) is 0 Å². The van der Waals surface area contributed by atoms with Gasteiger partial charge in [0.15, 0.2) is 0 Å².